The van der Waals surface area contributed by atoms with Gasteiger partial charge in [-0.15, -0.1) is 0 Å². The van der Waals surface area contributed by atoms with Crippen molar-refractivity contribution < 1.29 is 4.42 Å². The molecule has 71 heavy (non-hydrogen) atoms. The van der Waals surface area contributed by atoms with Crippen molar-refractivity contribution in [3.05, 3.63) is 246 Å². The van der Waals surface area contributed by atoms with E-state index in [-0.39, 0.29) is 16.2 Å². The van der Waals surface area contributed by atoms with Crippen LogP contribution in [0.4, 0.5) is 34.5 Å². The van der Waals surface area contributed by atoms with Gasteiger partial charge in [-0.3, -0.25) is 9.80 Å². The highest BCUT2D eigenvalue weighted by Crippen LogP contribution is 2.56. The lowest BCUT2D eigenvalue weighted by molar-refractivity contribution is 0.580. The minimum absolute atomic E-state index is 0.184. The van der Waals surface area contributed by atoms with E-state index >= 15 is 0 Å². The Labute approximate surface area is 415 Å². The quantitative estimate of drug-likeness (QED) is 0.159. The fourth-order valence-corrected chi connectivity index (χ4v) is 12.8. The molecule has 2 aromatic heterocycles. The molecule has 0 unspecified atom stereocenters. The second kappa shape index (κ2) is 14.8. The van der Waals surface area contributed by atoms with Crippen LogP contribution in [0, 0.1) is 0 Å². The lowest BCUT2D eigenvalue weighted by Gasteiger charge is -2.35. The molecule has 1 aliphatic heterocycles. The molecule has 0 saturated carbocycles. The molecule has 0 spiro atoms. The summed E-state index contributed by atoms with van der Waals surface area (Å²) in [7, 11) is 0. The van der Waals surface area contributed by atoms with Crippen LogP contribution in [0.5, 0.6) is 0 Å². The average molecular weight is 916 g/mol. The van der Waals surface area contributed by atoms with Crippen LogP contribution in [0.2, 0.25) is 0 Å². The maximum Gasteiger partial charge on any atom is 0.215 e. The summed E-state index contributed by atoms with van der Waals surface area (Å²) in [5, 5.41) is 2.46. The van der Waals surface area contributed by atoms with Crippen molar-refractivity contribution in [2.45, 2.75) is 57.8 Å². The number of fused-ring (bicyclic) bond motifs is 11. The highest BCUT2D eigenvalue weighted by atomic mass is 16.4. The molecule has 9 aromatic carbocycles. The van der Waals surface area contributed by atoms with Crippen LogP contribution in [0.15, 0.2) is 217 Å². The Bertz CT molecular complexity index is 3980. The van der Waals surface area contributed by atoms with Crippen molar-refractivity contribution in [1.82, 2.24) is 4.57 Å². The maximum atomic E-state index is 7.72. The first kappa shape index (κ1) is 41.6. The molecule has 3 heterocycles. The zero-order valence-corrected chi connectivity index (χ0v) is 41.0. The van der Waals surface area contributed by atoms with Crippen LogP contribution in [-0.2, 0) is 16.2 Å². The Kier molecular flexibility index (Phi) is 8.70. The molecule has 0 atom stereocenters. The molecule has 11 aromatic rings. The Hall–Kier alpha value is -8.34. The average Bonchev–Trinajstić information content (AvgIpc) is 4.10. The molecule has 3 aliphatic rings. The number of hydrogen-bond donors (Lipinski definition) is 0. The summed E-state index contributed by atoms with van der Waals surface area (Å²) in [5.74, 6) is 1.48. The zero-order valence-electron chi connectivity index (χ0n) is 41.0. The van der Waals surface area contributed by atoms with E-state index in [4.69, 9.17) is 4.42 Å². The van der Waals surface area contributed by atoms with Gasteiger partial charge in [0.05, 0.1) is 16.7 Å². The molecule has 4 heteroatoms. The van der Waals surface area contributed by atoms with Gasteiger partial charge in [0.1, 0.15) is 0 Å². The normalized spacial score (nSPS) is 15.0. The molecule has 0 saturated heterocycles. The van der Waals surface area contributed by atoms with Crippen LogP contribution in [0.1, 0.15) is 74.9 Å². The Morgan fingerprint density at radius 2 is 0.845 bits per heavy atom. The molecule has 2 aliphatic carbocycles. The lowest BCUT2D eigenvalue weighted by Crippen LogP contribution is -2.26. The molecule has 0 amide bonds. The van der Waals surface area contributed by atoms with Gasteiger partial charge in [0.25, 0.3) is 0 Å². The molecular formula is C67H53N3O. The number of anilines is 6. The number of nitrogens with zero attached hydrogens (tertiary/aromatic N) is 3. The molecule has 14 rings (SSSR count). The number of furan rings is 1. The summed E-state index contributed by atoms with van der Waals surface area (Å²) in [6, 6.07) is 78.2. The maximum absolute atomic E-state index is 7.72. The van der Waals surface area contributed by atoms with Gasteiger partial charge in [-0.1, -0.05) is 175 Å². The molecule has 0 N–H and O–H groups in total. The fourth-order valence-electron chi connectivity index (χ4n) is 12.8. The van der Waals surface area contributed by atoms with E-state index in [2.05, 4.69) is 268 Å². The molecule has 0 bridgehead atoms. The van der Waals surface area contributed by atoms with Gasteiger partial charge in [-0.05, 0) is 134 Å². The number of hydrogen-bond acceptors (Lipinski definition) is 3. The number of rotatable bonds is 7. The van der Waals surface area contributed by atoms with Gasteiger partial charge >= 0.3 is 0 Å². The van der Waals surface area contributed by atoms with Crippen molar-refractivity contribution in [2.75, 3.05) is 9.80 Å². The molecule has 342 valence electrons. The topological polar surface area (TPSA) is 24.6 Å². The van der Waals surface area contributed by atoms with Crippen LogP contribution >= 0.6 is 0 Å². The van der Waals surface area contributed by atoms with E-state index in [1.807, 2.05) is 0 Å². The Balaban J connectivity index is 1.06. The summed E-state index contributed by atoms with van der Waals surface area (Å²) < 4.78 is 10.2. The predicted molar refractivity (Wildman–Crippen MR) is 295 cm³/mol. The third kappa shape index (κ3) is 5.85. The first-order valence-corrected chi connectivity index (χ1v) is 25.0. The second-order valence-electron chi connectivity index (χ2n) is 21.4. The van der Waals surface area contributed by atoms with Crippen molar-refractivity contribution in [2.24, 2.45) is 0 Å². The lowest BCUT2D eigenvalue weighted by atomic mass is 9.74. The van der Waals surface area contributed by atoms with E-state index in [1.54, 1.807) is 0 Å². The zero-order chi connectivity index (χ0) is 48.0. The third-order valence-electron chi connectivity index (χ3n) is 16.4. The van der Waals surface area contributed by atoms with E-state index in [0.717, 1.165) is 45.6 Å². The summed E-state index contributed by atoms with van der Waals surface area (Å²) >= 11 is 0. The van der Waals surface area contributed by atoms with E-state index in [0.29, 0.717) is 0 Å². The summed E-state index contributed by atoms with van der Waals surface area (Å²) in [6.07, 6.45) is 0. The van der Waals surface area contributed by atoms with Crippen LogP contribution in [0.3, 0.4) is 0 Å². The minimum atomic E-state index is -0.299. The molecular weight excluding hydrogens is 863 g/mol. The molecule has 0 fully saturated rings. The summed E-state index contributed by atoms with van der Waals surface area (Å²) in [4.78, 5) is 4.66. The van der Waals surface area contributed by atoms with E-state index < -0.39 is 0 Å². The van der Waals surface area contributed by atoms with Gasteiger partial charge in [-0.25, -0.2) is 0 Å². The predicted octanol–water partition coefficient (Wildman–Crippen LogP) is 18.2. The van der Waals surface area contributed by atoms with Gasteiger partial charge in [-0.2, -0.15) is 0 Å². The molecule has 0 radical (unpaired) electrons. The summed E-state index contributed by atoms with van der Waals surface area (Å²) in [6.45, 7) is 14.2. The van der Waals surface area contributed by atoms with Gasteiger partial charge in [0.2, 0.25) is 11.8 Å². The van der Waals surface area contributed by atoms with Gasteiger partial charge in [0.15, 0.2) is 0 Å². The number of aromatic nitrogens is 1. The van der Waals surface area contributed by atoms with Crippen molar-refractivity contribution in [3.8, 4) is 39.1 Å². The highest BCUT2D eigenvalue weighted by molar-refractivity contribution is 6.13. The van der Waals surface area contributed by atoms with E-state index in [9.17, 15) is 0 Å². The number of para-hydroxylation sites is 4. The highest BCUT2D eigenvalue weighted by Gasteiger charge is 2.40. The first-order chi connectivity index (χ1) is 34.5. The summed E-state index contributed by atoms with van der Waals surface area (Å²) in [5.41, 5.74) is 22.3. The van der Waals surface area contributed by atoms with Gasteiger partial charge in [0, 0.05) is 61.4 Å². The van der Waals surface area contributed by atoms with Crippen molar-refractivity contribution in [3.63, 3.8) is 0 Å². The monoisotopic (exact) mass is 915 g/mol. The van der Waals surface area contributed by atoms with Crippen LogP contribution in [0.25, 0.3) is 60.9 Å². The smallest absolute Gasteiger partial charge is 0.215 e. The van der Waals surface area contributed by atoms with Crippen molar-refractivity contribution >= 4 is 56.3 Å². The van der Waals surface area contributed by atoms with Crippen LogP contribution in [-0.4, -0.2) is 4.57 Å². The minimum Gasteiger partial charge on any atom is -0.423 e. The Morgan fingerprint density at radius 3 is 1.48 bits per heavy atom. The third-order valence-corrected chi connectivity index (χ3v) is 16.4. The van der Waals surface area contributed by atoms with Crippen LogP contribution < -0.4 is 9.80 Å². The SMILES string of the molecule is CC1(C)c2ccccc2-c2ccc(N(c3ccccc3)c3cc(-c4cc5c6c(c4)c4ccccc4n6-c4ccccc4C5(C)C)c(N(c4ccccc4)c4ccc5c(c4)C(C)(C)c4ccccc4-5)o3)cc21. The number of benzene rings is 9. The molecule has 4 nitrogen and oxygen atoms in total. The Morgan fingerprint density at radius 1 is 0.352 bits per heavy atom. The van der Waals surface area contributed by atoms with E-state index in [1.165, 1.54) is 83.1 Å². The second-order valence-corrected chi connectivity index (χ2v) is 21.4. The van der Waals surface area contributed by atoms with Crippen molar-refractivity contribution in [1.29, 1.82) is 0 Å². The standard InChI is InChI=1S/C67H53N3O/c1-65(2)54-28-16-13-25-47(54)49-35-33-45(39-57(49)65)68(43-21-9-7-10-22-43)62-41-52(42-37-53-51-27-15-19-31-60(51)70-61-32-20-18-30-56(61)67(5,6)59(38-42)63(53)70)64(71-62)69(44-23-11-8-12-24-44)46-34-36-50-48-26-14-17-29-55(48)66(3,4)58(50)40-46/h7-41H,1-6H3. The fraction of sp³-hybridized carbons (Fsp3) is 0.134. The first-order valence-electron chi connectivity index (χ1n) is 25.0. The van der Waals surface area contributed by atoms with Gasteiger partial charge < -0.3 is 8.98 Å². The largest absolute Gasteiger partial charge is 0.423 e.